The lowest BCUT2D eigenvalue weighted by molar-refractivity contribution is 0.309. The van der Waals surface area contributed by atoms with Gasteiger partial charge in [-0.2, -0.15) is 0 Å². The second kappa shape index (κ2) is 9.85. The molecule has 0 spiro atoms. The van der Waals surface area contributed by atoms with Crippen LogP contribution in [0.15, 0.2) is 22.2 Å². The highest BCUT2D eigenvalue weighted by molar-refractivity contribution is 9.10. The standard InChI is InChI=1S/C17H26BrNO2/c1-5-8-19-12-13(6-2)9-14-10-15(18)17(21-7-3)16(11-14)20-4/h9-11,19H,5-8,12H2,1-4H3. The van der Waals surface area contributed by atoms with Gasteiger partial charge in [0.1, 0.15) is 0 Å². The lowest BCUT2D eigenvalue weighted by Gasteiger charge is -2.13. The summed E-state index contributed by atoms with van der Waals surface area (Å²) in [5.41, 5.74) is 2.50. The van der Waals surface area contributed by atoms with E-state index in [9.17, 15) is 0 Å². The van der Waals surface area contributed by atoms with Gasteiger partial charge >= 0.3 is 0 Å². The fourth-order valence-electron chi connectivity index (χ4n) is 2.05. The molecule has 1 rings (SSSR count). The van der Waals surface area contributed by atoms with Gasteiger partial charge in [-0.15, -0.1) is 0 Å². The minimum atomic E-state index is 0.616. The molecule has 0 aliphatic rings. The summed E-state index contributed by atoms with van der Waals surface area (Å²) >= 11 is 3.57. The van der Waals surface area contributed by atoms with Gasteiger partial charge in [0.25, 0.3) is 0 Å². The first kappa shape index (κ1) is 18.1. The van der Waals surface area contributed by atoms with E-state index >= 15 is 0 Å². The quantitative estimate of drug-likeness (QED) is 0.654. The number of hydrogen-bond donors (Lipinski definition) is 1. The van der Waals surface area contributed by atoms with E-state index in [0.29, 0.717) is 6.61 Å². The first-order valence-corrected chi connectivity index (χ1v) is 8.35. The molecule has 0 heterocycles. The number of ether oxygens (including phenoxy) is 2. The highest BCUT2D eigenvalue weighted by Gasteiger charge is 2.10. The van der Waals surface area contributed by atoms with Crippen LogP contribution >= 0.6 is 15.9 Å². The van der Waals surface area contributed by atoms with E-state index in [2.05, 4.69) is 47.2 Å². The third-order valence-corrected chi connectivity index (χ3v) is 3.73. The van der Waals surface area contributed by atoms with Crippen LogP contribution in [0.5, 0.6) is 11.5 Å². The normalized spacial score (nSPS) is 11.6. The molecule has 0 fully saturated rings. The molecule has 3 nitrogen and oxygen atoms in total. The first-order chi connectivity index (χ1) is 10.2. The molecule has 118 valence electrons. The van der Waals surface area contributed by atoms with Crippen molar-refractivity contribution in [2.24, 2.45) is 0 Å². The van der Waals surface area contributed by atoms with Crippen LogP contribution in [0.1, 0.15) is 39.2 Å². The highest BCUT2D eigenvalue weighted by atomic mass is 79.9. The molecule has 0 amide bonds. The molecule has 1 aromatic carbocycles. The summed E-state index contributed by atoms with van der Waals surface area (Å²) in [6, 6.07) is 4.09. The molecule has 0 saturated carbocycles. The molecule has 21 heavy (non-hydrogen) atoms. The first-order valence-electron chi connectivity index (χ1n) is 7.56. The monoisotopic (exact) mass is 355 g/mol. The number of rotatable bonds is 9. The van der Waals surface area contributed by atoms with Crippen molar-refractivity contribution < 1.29 is 9.47 Å². The molecule has 0 aromatic heterocycles. The Hall–Kier alpha value is -1.00. The molecule has 0 aliphatic heterocycles. The van der Waals surface area contributed by atoms with Crippen LogP contribution in [0.4, 0.5) is 0 Å². The maximum absolute atomic E-state index is 5.62. The van der Waals surface area contributed by atoms with Crippen LogP contribution in [0, 0.1) is 0 Å². The fourth-order valence-corrected chi connectivity index (χ4v) is 2.62. The van der Waals surface area contributed by atoms with E-state index in [1.54, 1.807) is 7.11 Å². The molecule has 0 saturated heterocycles. The Labute approximate surface area is 136 Å². The maximum atomic E-state index is 5.62. The zero-order valence-corrected chi connectivity index (χ0v) is 15.0. The van der Waals surface area contributed by atoms with E-state index in [1.165, 1.54) is 5.57 Å². The smallest absolute Gasteiger partial charge is 0.175 e. The Balaban J connectivity index is 2.98. The lowest BCUT2D eigenvalue weighted by atomic mass is 10.1. The SMILES string of the molecule is CCCNCC(=Cc1cc(Br)c(OCC)c(OC)c1)CC. The van der Waals surface area contributed by atoms with Crippen LogP contribution in [0.2, 0.25) is 0 Å². The Morgan fingerprint density at radius 1 is 1.29 bits per heavy atom. The zero-order chi connectivity index (χ0) is 15.7. The van der Waals surface area contributed by atoms with Crippen molar-refractivity contribution in [3.8, 4) is 11.5 Å². The Morgan fingerprint density at radius 3 is 2.62 bits per heavy atom. The summed E-state index contributed by atoms with van der Waals surface area (Å²) in [7, 11) is 1.67. The van der Waals surface area contributed by atoms with Crippen molar-refractivity contribution in [1.82, 2.24) is 5.32 Å². The molecule has 0 aliphatic carbocycles. The van der Waals surface area contributed by atoms with Crippen LogP contribution in [-0.2, 0) is 0 Å². The summed E-state index contributed by atoms with van der Waals surface area (Å²) < 4.78 is 12.0. The van der Waals surface area contributed by atoms with Gasteiger partial charge in [-0.05, 0) is 59.9 Å². The minimum absolute atomic E-state index is 0.616. The Morgan fingerprint density at radius 2 is 2.05 bits per heavy atom. The number of hydrogen-bond acceptors (Lipinski definition) is 3. The number of methoxy groups -OCH3 is 1. The second-order valence-electron chi connectivity index (χ2n) is 4.80. The summed E-state index contributed by atoms with van der Waals surface area (Å²) in [5.74, 6) is 1.52. The predicted molar refractivity (Wildman–Crippen MR) is 93.3 cm³/mol. The number of halogens is 1. The van der Waals surface area contributed by atoms with Gasteiger partial charge in [0.15, 0.2) is 11.5 Å². The molecule has 1 aromatic rings. The molecule has 0 unspecified atom stereocenters. The van der Waals surface area contributed by atoms with Crippen molar-refractivity contribution in [3.63, 3.8) is 0 Å². The van der Waals surface area contributed by atoms with Crippen molar-refractivity contribution in [2.75, 3.05) is 26.8 Å². The lowest BCUT2D eigenvalue weighted by Crippen LogP contribution is -2.17. The molecular formula is C17H26BrNO2. The summed E-state index contributed by atoms with van der Waals surface area (Å²) in [6.45, 7) is 8.92. The largest absolute Gasteiger partial charge is 0.493 e. The molecule has 0 atom stereocenters. The van der Waals surface area contributed by atoms with Gasteiger partial charge in [0, 0.05) is 6.54 Å². The average molecular weight is 356 g/mol. The third kappa shape index (κ3) is 5.71. The van der Waals surface area contributed by atoms with Gasteiger partial charge in [0.2, 0.25) is 0 Å². The van der Waals surface area contributed by atoms with Crippen LogP contribution in [0.3, 0.4) is 0 Å². The third-order valence-electron chi connectivity index (χ3n) is 3.14. The Bertz CT molecular complexity index is 472. The molecule has 4 heteroatoms. The van der Waals surface area contributed by atoms with Crippen LogP contribution < -0.4 is 14.8 Å². The van der Waals surface area contributed by atoms with E-state index in [4.69, 9.17) is 9.47 Å². The molecule has 0 radical (unpaired) electrons. The van der Waals surface area contributed by atoms with E-state index in [0.717, 1.165) is 47.5 Å². The topological polar surface area (TPSA) is 30.5 Å². The molecular weight excluding hydrogens is 330 g/mol. The van der Waals surface area contributed by atoms with Gasteiger partial charge in [-0.1, -0.05) is 25.5 Å². The summed E-state index contributed by atoms with van der Waals surface area (Å²) in [4.78, 5) is 0. The minimum Gasteiger partial charge on any atom is -0.493 e. The second-order valence-corrected chi connectivity index (χ2v) is 5.65. The van der Waals surface area contributed by atoms with Crippen LogP contribution in [-0.4, -0.2) is 26.8 Å². The van der Waals surface area contributed by atoms with E-state index in [-0.39, 0.29) is 0 Å². The van der Waals surface area contributed by atoms with Crippen LogP contribution in [0.25, 0.3) is 6.08 Å². The van der Waals surface area contributed by atoms with Gasteiger partial charge in [0.05, 0.1) is 18.2 Å². The average Bonchev–Trinajstić information content (AvgIpc) is 2.48. The summed E-state index contributed by atoms with van der Waals surface area (Å²) in [5, 5.41) is 3.45. The van der Waals surface area contributed by atoms with Gasteiger partial charge < -0.3 is 14.8 Å². The number of benzene rings is 1. The predicted octanol–water partition coefficient (Wildman–Crippen LogP) is 4.65. The number of nitrogens with one attached hydrogen (secondary N) is 1. The Kier molecular flexibility index (Phi) is 8.47. The maximum Gasteiger partial charge on any atom is 0.175 e. The van der Waals surface area contributed by atoms with E-state index in [1.807, 2.05) is 13.0 Å². The highest BCUT2D eigenvalue weighted by Crippen LogP contribution is 2.37. The molecule has 0 bridgehead atoms. The fraction of sp³-hybridized carbons (Fsp3) is 0.529. The van der Waals surface area contributed by atoms with Gasteiger partial charge in [-0.25, -0.2) is 0 Å². The zero-order valence-electron chi connectivity index (χ0n) is 13.5. The van der Waals surface area contributed by atoms with Crippen molar-refractivity contribution >= 4 is 22.0 Å². The van der Waals surface area contributed by atoms with Crippen molar-refractivity contribution in [3.05, 3.63) is 27.7 Å². The molecule has 1 N–H and O–H groups in total. The van der Waals surface area contributed by atoms with Gasteiger partial charge in [-0.3, -0.25) is 0 Å². The van der Waals surface area contributed by atoms with Crippen molar-refractivity contribution in [2.45, 2.75) is 33.6 Å². The summed E-state index contributed by atoms with van der Waals surface area (Å²) in [6.07, 6.45) is 4.40. The van der Waals surface area contributed by atoms with E-state index < -0.39 is 0 Å². The van der Waals surface area contributed by atoms with Crippen molar-refractivity contribution in [1.29, 1.82) is 0 Å².